The summed E-state index contributed by atoms with van der Waals surface area (Å²) >= 11 is 0. The molecule has 0 bridgehead atoms. The molecule has 2 aromatic carbocycles. The first-order chi connectivity index (χ1) is 13.0. The Bertz CT molecular complexity index is 784. The van der Waals surface area contributed by atoms with Crippen LogP contribution in [0.2, 0.25) is 0 Å². The van der Waals surface area contributed by atoms with Gasteiger partial charge in [0.2, 0.25) is 0 Å². The number of aliphatic imine (C=N–C) groups is 1. The number of methoxy groups -OCH3 is 1. The average molecular weight is 392 g/mol. The maximum atomic E-state index is 13.8. The van der Waals surface area contributed by atoms with E-state index in [0.717, 1.165) is 11.1 Å². The first kappa shape index (κ1) is 20.9. The molecule has 1 atom stereocenters. The van der Waals surface area contributed by atoms with Gasteiger partial charge in [-0.05, 0) is 23.3 Å². The third-order valence-electron chi connectivity index (χ3n) is 3.99. The van der Waals surface area contributed by atoms with E-state index in [9.17, 15) is 8.60 Å². The predicted molar refractivity (Wildman–Crippen MR) is 109 cm³/mol. The average Bonchev–Trinajstić information content (AvgIpc) is 2.66. The first-order valence-electron chi connectivity index (χ1n) is 8.66. The highest BCUT2D eigenvalue weighted by Crippen LogP contribution is 2.18. The Hall–Kier alpha value is -2.41. The summed E-state index contributed by atoms with van der Waals surface area (Å²) in [6, 6.07) is 14.7. The second kappa shape index (κ2) is 10.7. The predicted octanol–water partition coefficient (Wildman–Crippen LogP) is 2.79. The van der Waals surface area contributed by atoms with E-state index in [1.54, 1.807) is 13.1 Å². The summed E-state index contributed by atoms with van der Waals surface area (Å²) in [5, 5.41) is 3.21. The SMILES string of the molecule is CN=C(NCCS(=O)Cc1ccccc1)N(C)Cc1ccc(OC)c(F)c1. The highest BCUT2D eigenvalue weighted by molar-refractivity contribution is 7.84. The second-order valence-corrected chi connectivity index (χ2v) is 7.65. The zero-order chi connectivity index (χ0) is 19.6. The second-order valence-electron chi connectivity index (χ2n) is 6.07. The Labute approximate surface area is 162 Å². The molecule has 0 aliphatic carbocycles. The van der Waals surface area contributed by atoms with Gasteiger partial charge in [-0.3, -0.25) is 9.20 Å². The minimum Gasteiger partial charge on any atom is -0.494 e. The Kier molecular flexibility index (Phi) is 8.26. The molecule has 0 radical (unpaired) electrons. The summed E-state index contributed by atoms with van der Waals surface area (Å²) in [6.07, 6.45) is 0. The molecule has 0 aliphatic heterocycles. The van der Waals surface area contributed by atoms with Gasteiger partial charge in [0.05, 0.1) is 7.11 Å². The maximum absolute atomic E-state index is 13.8. The van der Waals surface area contributed by atoms with Crippen LogP contribution in [-0.4, -0.2) is 48.6 Å². The van der Waals surface area contributed by atoms with Crippen LogP contribution in [0.25, 0.3) is 0 Å². The lowest BCUT2D eigenvalue weighted by Crippen LogP contribution is -2.40. The fourth-order valence-corrected chi connectivity index (χ4v) is 3.69. The molecule has 0 spiro atoms. The maximum Gasteiger partial charge on any atom is 0.193 e. The topological polar surface area (TPSA) is 53.9 Å². The molecule has 1 N–H and O–H groups in total. The van der Waals surface area contributed by atoms with E-state index >= 15 is 0 Å². The van der Waals surface area contributed by atoms with Crippen molar-refractivity contribution in [2.45, 2.75) is 12.3 Å². The van der Waals surface area contributed by atoms with Crippen LogP contribution in [0, 0.1) is 5.82 Å². The first-order valence-corrected chi connectivity index (χ1v) is 10.2. The molecule has 146 valence electrons. The summed E-state index contributed by atoms with van der Waals surface area (Å²) in [7, 11) is 4.06. The van der Waals surface area contributed by atoms with Crippen molar-refractivity contribution in [1.82, 2.24) is 10.2 Å². The summed E-state index contributed by atoms with van der Waals surface area (Å²) in [5.74, 6) is 1.58. The quantitative estimate of drug-likeness (QED) is 0.555. The van der Waals surface area contributed by atoms with Crippen molar-refractivity contribution >= 4 is 16.8 Å². The third-order valence-corrected chi connectivity index (χ3v) is 5.31. The molecule has 0 heterocycles. The highest BCUT2D eigenvalue weighted by Gasteiger charge is 2.10. The molecule has 27 heavy (non-hydrogen) atoms. The van der Waals surface area contributed by atoms with E-state index < -0.39 is 10.8 Å². The zero-order valence-corrected chi connectivity index (χ0v) is 16.8. The van der Waals surface area contributed by atoms with Crippen molar-refractivity contribution in [3.8, 4) is 5.75 Å². The minimum atomic E-state index is -0.947. The third kappa shape index (κ3) is 6.67. The van der Waals surface area contributed by atoms with Gasteiger partial charge in [0.25, 0.3) is 0 Å². The molecule has 1 unspecified atom stereocenters. The number of hydrogen-bond acceptors (Lipinski definition) is 3. The Morgan fingerprint density at radius 1 is 1.22 bits per heavy atom. The van der Waals surface area contributed by atoms with E-state index in [0.29, 0.717) is 30.6 Å². The van der Waals surface area contributed by atoms with Crippen LogP contribution >= 0.6 is 0 Å². The number of nitrogens with zero attached hydrogens (tertiary/aromatic N) is 2. The minimum absolute atomic E-state index is 0.227. The van der Waals surface area contributed by atoms with Gasteiger partial charge < -0.3 is 15.0 Å². The van der Waals surface area contributed by atoms with Crippen molar-refractivity contribution in [1.29, 1.82) is 0 Å². The lowest BCUT2D eigenvalue weighted by atomic mass is 10.2. The van der Waals surface area contributed by atoms with Gasteiger partial charge in [-0.25, -0.2) is 4.39 Å². The van der Waals surface area contributed by atoms with E-state index in [2.05, 4.69) is 10.3 Å². The van der Waals surface area contributed by atoms with Crippen LogP contribution in [0.3, 0.4) is 0 Å². The Balaban J connectivity index is 1.82. The molecule has 0 saturated heterocycles. The van der Waals surface area contributed by atoms with Crippen LogP contribution in [-0.2, 0) is 23.1 Å². The molecule has 0 aliphatic rings. The molecule has 0 saturated carbocycles. The van der Waals surface area contributed by atoms with Crippen LogP contribution < -0.4 is 10.1 Å². The van der Waals surface area contributed by atoms with Gasteiger partial charge in [0.15, 0.2) is 17.5 Å². The normalized spacial score (nSPS) is 12.5. The molecule has 5 nitrogen and oxygen atoms in total. The number of halogens is 1. The van der Waals surface area contributed by atoms with Crippen LogP contribution in [0.4, 0.5) is 4.39 Å². The molecule has 2 aromatic rings. The zero-order valence-electron chi connectivity index (χ0n) is 15.9. The smallest absolute Gasteiger partial charge is 0.193 e. The van der Waals surface area contributed by atoms with Gasteiger partial charge in [-0.2, -0.15) is 0 Å². The molecule has 0 fully saturated rings. The van der Waals surface area contributed by atoms with Gasteiger partial charge in [0, 0.05) is 49.5 Å². The van der Waals surface area contributed by atoms with Crippen LogP contribution in [0.5, 0.6) is 5.75 Å². The summed E-state index contributed by atoms with van der Waals surface area (Å²) in [4.78, 5) is 6.13. The lowest BCUT2D eigenvalue weighted by molar-refractivity contribution is 0.385. The molecule has 0 amide bonds. The molecular formula is C20H26FN3O2S. The van der Waals surface area contributed by atoms with Gasteiger partial charge in [0.1, 0.15) is 0 Å². The van der Waals surface area contributed by atoms with Crippen LogP contribution in [0.1, 0.15) is 11.1 Å². The van der Waals surface area contributed by atoms with Crippen molar-refractivity contribution in [3.05, 3.63) is 65.5 Å². The van der Waals surface area contributed by atoms with Crippen molar-refractivity contribution < 1.29 is 13.3 Å². The molecule has 7 heteroatoms. The molecular weight excluding hydrogens is 365 g/mol. The molecule has 2 rings (SSSR count). The fourth-order valence-electron chi connectivity index (χ4n) is 2.65. The number of benzene rings is 2. The van der Waals surface area contributed by atoms with Crippen LogP contribution in [0.15, 0.2) is 53.5 Å². The number of rotatable bonds is 8. The largest absolute Gasteiger partial charge is 0.494 e. The van der Waals surface area contributed by atoms with Crippen molar-refractivity contribution in [3.63, 3.8) is 0 Å². The number of ether oxygens (including phenoxy) is 1. The Morgan fingerprint density at radius 3 is 2.59 bits per heavy atom. The monoisotopic (exact) mass is 391 g/mol. The van der Waals surface area contributed by atoms with Crippen molar-refractivity contribution in [2.24, 2.45) is 4.99 Å². The van der Waals surface area contributed by atoms with E-state index in [4.69, 9.17) is 4.74 Å². The number of nitrogens with one attached hydrogen (secondary N) is 1. The lowest BCUT2D eigenvalue weighted by Gasteiger charge is -2.22. The molecule has 0 aromatic heterocycles. The van der Waals surface area contributed by atoms with E-state index in [1.807, 2.05) is 48.3 Å². The standard InChI is InChI=1S/C20H26FN3O2S/c1-22-20(23-11-12-27(25)15-16-7-5-4-6-8-16)24(2)14-17-9-10-19(26-3)18(21)13-17/h4-10,13H,11-12,14-15H2,1-3H3,(H,22,23). The Morgan fingerprint density at radius 2 is 1.96 bits per heavy atom. The van der Waals surface area contributed by atoms with Gasteiger partial charge in [-0.15, -0.1) is 0 Å². The number of guanidine groups is 1. The van der Waals surface area contributed by atoms with Crippen molar-refractivity contribution in [2.75, 3.05) is 33.5 Å². The van der Waals surface area contributed by atoms with Gasteiger partial charge in [-0.1, -0.05) is 36.4 Å². The van der Waals surface area contributed by atoms with E-state index in [1.165, 1.54) is 13.2 Å². The summed E-state index contributed by atoms with van der Waals surface area (Å²) in [6.45, 7) is 1.04. The van der Waals surface area contributed by atoms with Gasteiger partial charge >= 0.3 is 0 Å². The summed E-state index contributed by atoms with van der Waals surface area (Å²) in [5.41, 5.74) is 1.88. The van der Waals surface area contributed by atoms with E-state index in [-0.39, 0.29) is 11.6 Å². The summed E-state index contributed by atoms with van der Waals surface area (Å²) < 4.78 is 31.0. The number of hydrogen-bond donors (Lipinski definition) is 1. The highest BCUT2D eigenvalue weighted by atomic mass is 32.2. The fraction of sp³-hybridized carbons (Fsp3) is 0.350.